The maximum atomic E-state index is 12.6. The van der Waals surface area contributed by atoms with Crippen LogP contribution in [0.25, 0.3) is 11.1 Å². The number of amides is 1. The molecule has 32 heavy (non-hydrogen) atoms. The van der Waals surface area contributed by atoms with Crippen molar-refractivity contribution in [2.45, 2.75) is 63.9 Å². The summed E-state index contributed by atoms with van der Waals surface area (Å²) in [6.07, 6.45) is -1.45. The number of carbonyl (C=O) groups is 2. The predicted molar refractivity (Wildman–Crippen MR) is 127 cm³/mol. The summed E-state index contributed by atoms with van der Waals surface area (Å²) in [7, 11) is -2.20. The van der Waals surface area contributed by atoms with Crippen LogP contribution in [0, 0.1) is 0 Å². The third-order valence-corrected chi connectivity index (χ3v) is 11.2. The van der Waals surface area contributed by atoms with E-state index in [-0.39, 0.29) is 17.6 Å². The number of nitrogens with one attached hydrogen (secondary N) is 1. The van der Waals surface area contributed by atoms with Crippen molar-refractivity contribution in [1.82, 2.24) is 5.32 Å². The summed E-state index contributed by atoms with van der Waals surface area (Å²) in [6.45, 7) is 12.2. The van der Waals surface area contributed by atoms with Crippen LogP contribution in [0.15, 0.2) is 48.5 Å². The third-order valence-electron chi connectivity index (χ3n) is 6.64. The first-order valence-corrected chi connectivity index (χ1v) is 13.9. The molecule has 1 aliphatic rings. The molecule has 0 saturated carbocycles. The highest BCUT2D eigenvalue weighted by molar-refractivity contribution is 6.74. The Hall–Kier alpha value is -2.64. The fourth-order valence-electron chi connectivity index (χ4n) is 3.86. The van der Waals surface area contributed by atoms with Crippen LogP contribution < -0.4 is 5.32 Å². The van der Waals surface area contributed by atoms with Crippen molar-refractivity contribution in [3.05, 3.63) is 59.7 Å². The van der Waals surface area contributed by atoms with Crippen LogP contribution in [0.1, 0.15) is 44.7 Å². The van der Waals surface area contributed by atoms with Gasteiger partial charge in [0.1, 0.15) is 6.61 Å². The van der Waals surface area contributed by atoms with Crippen LogP contribution in [0.4, 0.5) is 4.79 Å². The molecule has 3 rings (SSSR count). The molecule has 172 valence electrons. The average molecular weight is 456 g/mol. The lowest BCUT2D eigenvalue weighted by Crippen LogP contribution is -2.54. The first-order chi connectivity index (χ1) is 14.9. The Bertz CT molecular complexity index is 952. The molecule has 0 heterocycles. The summed E-state index contributed by atoms with van der Waals surface area (Å²) in [6, 6.07) is 14.9. The van der Waals surface area contributed by atoms with Gasteiger partial charge in [-0.15, -0.1) is 0 Å². The molecule has 2 N–H and O–H groups in total. The zero-order chi connectivity index (χ0) is 23.7. The topological polar surface area (TPSA) is 84.9 Å². The maximum absolute atomic E-state index is 12.6. The molecular weight excluding hydrogens is 422 g/mol. The Morgan fingerprint density at radius 3 is 2.00 bits per heavy atom. The summed E-state index contributed by atoms with van der Waals surface area (Å²) in [5.41, 5.74) is 4.48. The minimum Gasteiger partial charge on any atom is -0.480 e. The van der Waals surface area contributed by atoms with Gasteiger partial charge >= 0.3 is 12.1 Å². The number of benzene rings is 2. The molecule has 2 aromatic carbocycles. The predicted octanol–water partition coefficient (Wildman–Crippen LogP) is 5.39. The number of aliphatic carboxylic acids is 1. The average Bonchev–Trinajstić information content (AvgIpc) is 3.03. The van der Waals surface area contributed by atoms with Crippen molar-refractivity contribution in [1.29, 1.82) is 0 Å². The number of hydrogen-bond acceptors (Lipinski definition) is 4. The summed E-state index contributed by atoms with van der Waals surface area (Å²) in [5, 5.41) is 12.1. The van der Waals surface area contributed by atoms with E-state index in [1.54, 1.807) is 6.92 Å². The fourth-order valence-corrected chi connectivity index (χ4v) is 5.28. The molecule has 0 aromatic heterocycles. The second-order valence-corrected chi connectivity index (χ2v) is 14.6. The Morgan fingerprint density at radius 1 is 1.03 bits per heavy atom. The van der Waals surface area contributed by atoms with Gasteiger partial charge in [0.25, 0.3) is 0 Å². The van der Waals surface area contributed by atoms with Gasteiger partial charge in [0, 0.05) is 5.92 Å². The maximum Gasteiger partial charge on any atom is 0.407 e. The van der Waals surface area contributed by atoms with Gasteiger partial charge in [-0.3, -0.25) is 0 Å². The third kappa shape index (κ3) is 4.89. The molecule has 0 aliphatic heterocycles. The van der Waals surface area contributed by atoms with Gasteiger partial charge in [-0.05, 0) is 47.3 Å². The van der Waals surface area contributed by atoms with E-state index in [1.165, 1.54) is 0 Å². The highest BCUT2D eigenvalue weighted by Gasteiger charge is 2.41. The largest absolute Gasteiger partial charge is 0.480 e. The molecule has 1 aliphatic carbocycles. The lowest BCUT2D eigenvalue weighted by atomic mass is 9.98. The number of alkyl carbamates (subject to hydrolysis) is 1. The minimum absolute atomic E-state index is 0.0753. The smallest absolute Gasteiger partial charge is 0.407 e. The van der Waals surface area contributed by atoms with E-state index in [0.29, 0.717) is 0 Å². The van der Waals surface area contributed by atoms with Gasteiger partial charge in [0.05, 0.1) is 6.10 Å². The molecular formula is C25H33NO5Si. The molecule has 0 spiro atoms. The van der Waals surface area contributed by atoms with Crippen LogP contribution >= 0.6 is 0 Å². The fraction of sp³-hybridized carbons (Fsp3) is 0.440. The highest BCUT2D eigenvalue weighted by Crippen LogP contribution is 2.44. The van der Waals surface area contributed by atoms with Gasteiger partial charge in [0.2, 0.25) is 0 Å². The number of fused-ring (bicyclic) bond motifs is 3. The Balaban J connectivity index is 1.68. The van der Waals surface area contributed by atoms with Crippen molar-refractivity contribution >= 4 is 20.4 Å². The number of carboxylic acid groups (broad SMARTS) is 1. The van der Waals surface area contributed by atoms with E-state index >= 15 is 0 Å². The summed E-state index contributed by atoms with van der Waals surface area (Å²) >= 11 is 0. The van der Waals surface area contributed by atoms with Crippen LogP contribution in [-0.2, 0) is 14.0 Å². The second kappa shape index (κ2) is 9.08. The van der Waals surface area contributed by atoms with Gasteiger partial charge < -0.3 is 19.6 Å². The van der Waals surface area contributed by atoms with Crippen LogP contribution in [0.3, 0.4) is 0 Å². The molecule has 0 fully saturated rings. The molecule has 0 saturated heterocycles. The van der Waals surface area contributed by atoms with E-state index < -0.39 is 32.5 Å². The normalized spacial score (nSPS) is 15.4. The number of rotatable bonds is 7. The standard InChI is InChI=1S/C25H33NO5Si/c1-16(31-32(5,6)25(2,3)4)22(23(27)28)26-24(29)30-15-21-19-13-9-7-11-17(19)18-12-8-10-14-20(18)21/h7-14,16,21-22H,15H2,1-6H3,(H,26,29)(H,27,28)/t16-,22-/m1/s1. The molecule has 2 aromatic rings. The summed E-state index contributed by atoms with van der Waals surface area (Å²) < 4.78 is 11.7. The molecule has 6 nitrogen and oxygen atoms in total. The molecule has 0 unspecified atom stereocenters. The van der Waals surface area contributed by atoms with E-state index in [0.717, 1.165) is 22.3 Å². The van der Waals surface area contributed by atoms with Crippen LogP contribution in [-0.4, -0.2) is 44.2 Å². The Morgan fingerprint density at radius 2 is 1.53 bits per heavy atom. The lowest BCUT2D eigenvalue weighted by Gasteiger charge is -2.39. The van der Waals surface area contributed by atoms with Gasteiger partial charge in [0.15, 0.2) is 14.4 Å². The number of carbonyl (C=O) groups excluding carboxylic acids is 1. The van der Waals surface area contributed by atoms with E-state index in [2.05, 4.69) is 51.3 Å². The van der Waals surface area contributed by atoms with Crippen molar-refractivity contribution in [3.8, 4) is 11.1 Å². The van der Waals surface area contributed by atoms with Gasteiger partial charge in [-0.25, -0.2) is 9.59 Å². The van der Waals surface area contributed by atoms with Crippen LogP contribution in [0.5, 0.6) is 0 Å². The molecule has 0 bridgehead atoms. The van der Waals surface area contributed by atoms with Crippen molar-refractivity contribution < 1.29 is 23.9 Å². The van der Waals surface area contributed by atoms with Crippen molar-refractivity contribution in [2.75, 3.05) is 6.61 Å². The highest BCUT2D eigenvalue weighted by atomic mass is 28.4. The number of carboxylic acids is 1. The van der Waals surface area contributed by atoms with Crippen molar-refractivity contribution in [2.24, 2.45) is 0 Å². The Kier molecular flexibility index (Phi) is 6.81. The second-order valence-electron chi connectivity index (χ2n) is 9.87. The quantitative estimate of drug-likeness (QED) is 0.547. The van der Waals surface area contributed by atoms with Crippen LogP contribution in [0.2, 0.25) is 18.1 Å². The molecule has 2 atom stereocenters. The number of hydrogen-bond donors (Lipinski definition) is 2. The Labute approximate surface area is 191 Å². The zero-order valence-corrected chi connectivity index (χ0v) is 20.6. The SMILES string of the molecule is C[C@@H](O[Si](C)(C)C(C)(C)C)[C@@H](NC(=O)OCC1c2ccccc2-c2ccccc21)C(=O)O. The monoisotopic (exact) mass is 455 g/mol. The van der Waals surface area contributed by atoms with Crippen molar-refractivity contribution in [3.63, 3.8) is 0 Å². The first kappa shape index (κ1) is 24.0. The molecule has 7 heteroatoms. The molecule has 0 radical (unpaired) electrons. The minimum atomic E-state index is -2.20. The van der Waals surface area contributed by atoms with E-state index in [9.17, 15) is 14.7 Å². The summed E-state index contributed by atoms with van der Waals surface area (Å²) in [4.78, 5) is 24.4. The van der Waals surface area contributed by atoms with E-state index in [1.807, 2.05) is 36.4 Å². The number of ether oxygens (including phenoxy) is 1. The van der Waals surface area contributed by atoms with Gasteiger partial charge in [-0.2, -0.15) is 0 Å². The first-order valence-electron chi connectivity index (χ1n) is 10.9. The lowest BCUT2D eigenvalue weighted by molar-refractivity contribution is -0.141. The molecule has 1 amide bonds. The van der Waals surface area contributed by atoms with E-state index in [4.69, 9.17) is 9.16 Å². The zero-order valence-electron chi connectivity index (χ0n) is 19.6. The summed E-state index contributed by atoms with van der Waals surface area (Å²) in [5.74, 6) is -1.23. The van der Waals surface area contributed by atoms with Gasteiger partial charge in [-0.1, -0.05) is 69.3 Å².